The van der Waals surface area contributed by atoms with Gasteiger partial charge >= 0.3 is 5.97 Å². The van der Waals surface area contributed by atoms with Gasteiger partial charge in [0.05, 0.1) is 44.1 Å². The first-order valence-electron chi connectivity index (χ1n) is 26.9. The molecule has 9 fully saturated rings. The van der Waals surface area contributed by atoms with Gasteiger partial charge < -0.3 is 134 Å². The molecule has 26 unspecified atom stereocenters. The Morgan fingerprint density at radius 2 is 0.910 bits per heavy atom. The summed E-state index contributed by atoms with van der Waals surface area (Å²) in [5.41, 5.74) is -2.75. The van der Waals surface area contributed by atoms with E-state index in [-0.39, 0.29) is 11.8 Å². The molecule has 5 aliphatic heterocycles. The standard InChI is InChI=1S/C50H80O28/c1-18-11-49-9-5-24-47(2,7-4-8-48(24,3)46(68)77-44-37(67)38(29(59)22(15-54)72-44)74-41-34(64)31(61)26(56)19(12-51)69-41)25(49)6-10-50(18,17-49)78-45-40(76-43-36(66)33(63)28(58)21(14-53)71-43)39(30(60)23(16-55)73-45)75-42-35(65)32(62)27(57)20(13-52)70-42/h19-45,51-67H,1,4-17H2,2-3H3/t19?,20?,21?,22?,23?,24-,25-,26?,27?,28?,29?,30?,31?,32?,33?,34?,35?,36?,37?,38?,39?,40?,41?,42?,43?,44?,45?,47+,48+,49+,50?/m0/s1. The van der Waals surface area contributed by atoms with Crippen LogP contribution in [0.3, 0.4) is 0 Å². The van der Waals surface area contributed by atoms with Crippen molar-refractivity contribution < 1.29 is 139 Å². The monoisotopic (exact) mass is 1130 g/mol. The summed E-state index contributed by atoms with van der Waals surface area (Å²) in [4.78, 5) is 14.8. The molecule has 28 heteroatoms. The van der Waals surface area contributed by atoms with Crippen LogP contribution in [0.5, 0.6) is 0 Å². The number of aliphatic hydroxyl groups is 17. The number of carbonyl (C=O) groups excluding carboxylic acids is 1. The molecule has 5 saturated heterocycles. The van der Waals surface area contributed by atoms with E-state index in [4.69, 9.17) is 47.4 Å². The Labute approximate surface area is 448 Å². The molecule has 28 nitrogen and oxygen atoms in total. The smallest absolute Gasteiger partial charge is 0.314 e. The first kappa shape index (κ1) is 60.8. The number of hydrogen-bond donors (Lipinski definition) is 17. The van der Waals surface area contributed by atoms with E-state index in [1.807, 2.05) is 0 Å². The van der Waals surface area contributed by atoms with Crippen molar-refractivity contribution in [2.24, 2.45) is 28.1 Å². The topological polar surface area (TPSA) is 453 Å². The molecule has 9 aliphatic rings. The zero-order valence-corrected chi connectivity index (χ0v) is 43.3. The third-order valence-corrected chi connectivity index (χ3v) is 19.2. The van der Waals surface area contributed by atoms with Crippen LogP contribution in [0.2, 0.25) is 0 Å². The first-order valence-corrected chi connectivity index (χ1v) is 26.9. The molecule has 448 valence electrons. The third kappa shape index (κ3) is 10.3. The quantitative estimate of drug-likeness (QED) is 0.0411. The molecule has 0 aromatic heterocycles. The maximum absolute atomic E-state index is 14.8. The lowest BCUT2D eigenvalue weighted by Gasteiger charge is -2.64. The number of ether oxygens (including phenoxy) is 10. The summed E-state index contributed by atoms with van der Waals surface area (Å²) in [7, 11) is 0. The number of fused-ring (bicyclic) bond motifs is 3. The highest BCUT2D eigenvalue weighted by Crippen LogP contribution is 2.74. The fourth-order valence-corrected chi connectivity index (χ4v) is 15.0. The average Bonchev–Trinajstić information content (AvgIpc) is 3.79. The van der Waals surface area contributed by atoms with Crippen molar-refractivity contribution in [1.29, 1.82) is 0 Å². The largest absolute Gasteiger partial charge is 0.432 e. The van der Waals surface area contributed by atoms with Crippen molar-refractivity contribution in [3.8, 4) is 0 Å². The second-order valence-electron chi connectivity index (χ2n) is 23.6. The van der Waals surface area contributed by atoms with Crippen LogP contribution in [0.25, 0.3) is 0 Å². The number of aliphatic hydroxyl groups excluding tert-OH is 17. The zero-order valence-electron chi connectivity index (χ0n) is 43.3. The summed E-state index contributed by atoms with van der Waals surface area (Å²) in [5, 5.41) is 181. The van der Waals surface area contributed by atoms with Gasteiger partial charge in [0.25, 0.3) is 0 Å². The fourth-order valence-electron chi connectivity index (χ4n) is 15.0. The number of hydrogen-bond acceptors (Lipinski definition) is 28. The third-order valence-electron chi connectivity index (χ3n) is 19.2. The van der Waals surface area contributed by atoms with E-state index in [2.05, 4.69) is 13.5 Å². The van der Waals surface area contributed by atoms with Crippen LogP contribution in [-0.2, 0) is 52.2 Å². The van der Waals surface area contributed by atoms with Gasteiger partial charge in [0, 0.05) is 0 Å². The van der Waals surface area contributed by atoms with Crippen LogP contribution < -0.4 is 0 Å². The molecule has 17 N–H and O–H groups in total. The molecule has 1 spiro atoms. The molecule has 0 amide bonds. The minimum atomic E-state index is -1.99. The van der Waals surface area contributed by atoms with Crippen molar-refractivity contribution in [2.45, 2.75) is 231 Å². The predicted molar refractivity (Wildman–Crippen MR) is 252 cm³/mol. The van der Waals surface area contributed by atoms with Crippen LogP contribution >= 0.6 is 0 Å². The highest BCUT2D eigenvalue weighted by Gasteiger charge is 2.70. The Balaban J connectivity index is 0.951. The normalized spacial score (nSPS) is 54.5. The Kier molecular flexibility index (Phi) is 18.2. The number of carbonyl (C=O) groups is 1. The fraction of sp³-hybridized carbons (Fsp3) is 0.940. The highest BCUT2D eigenvalue weighted by atomic mass is 16.8. The molecule has 78 heavy (non-hydrogen) atoms. The van der Waals surface area contributed by atoms with Crippen LogP contribution in [0.4, 0.5) is 0 Å². The summed E-state index contributed by atoms with van der Waals surface area (Å²) in [6.07, 6.45) is -39.7. The molecule has 0 aromatic rings. The van der Waals surface area contributed by atoms with Crippen molar-refractivity contribution in [3.05, 3.63) is 12.2 Å². The lowest BCUT2D eigenvalue weighted by Crippen LogP contribution is -2.68. The predicted octanol–water partition coefficient (Wildman–Crippen LogP) is -7.29. The van der Waals surface area contributed by atoms with Crippen molar-refractivity contribution in [2.75, 3.05) is 33.0 Å². The summed E-state index contributed by atoms with van der Waals surface area (Å²) >= 11 is 0. The summed E-state index contributed by atoms with van der Waals surface area (Å²) < 4.78 is 59.9. The summed E-state index contributed by atoms with van der Waals surface area (Å²) in [6.45, 7) is 4.32. The SMILES string of the molecule is C=C1C[C@@]23CC[C@H]4[C@@](C)(CCC[C@@]4(C)C(=O)OC4OC(CO)C(O)C(OC5OC(CO)C(O)C(O)C5O)C4O)[C@@H]2CCC1(OC1OC(CO)C(O)C(OC2OC(CO)C(O)C(O)C2O)C1OC1OC(CO)C(O)C(O)C1O)C3. The first-order chi connectivity index (χ1) is 36.9. The van der Waals surface area contributed by atoms with E-state index in [0.717, 1.165) is 0 Å². The highest BCUT2D eigenvalue weighted by molar-refractivity contribution is 5.77. The molecular formula is C50H80O28. The van der Waals surface area contributed by atoms with Crippen LogP contribution in [0, 0.1) is 28.1 Å². The van der Waals surface area contributed by atoms with Gasteiger partial charge in [-0.15, -0.1) is 0 Å². The Hall–Kier alpha value is -1.83. The van der Waals surface area contributed by atoms with Crippen molar-refractivity contribution in [1.82, 2.24) is 0 Å². The van der Waals surface area contributed by atoms with Crippen molar-refractivity contribution >= 4 is 5.97 Å². The number of rotatable bonds is 15. The van der Waals surface area contributed by atoms with Gasteiger partial charge in [0.1, 0.15) is 122 Å². The molecule has 31 atom stereocenters. The van der Waals surface area contributed by atoms with Crippen LogP contribution in [0.15, 0.2) is 12.2 Å². The summed E-state index contributed by atoms with van der Waals surface area (Å²) in [5.74, 6) is -1.10. The molecule has 5 heterocycles. The minimum absolute atomic E-state index is 0.0587. The van der Waals surface area contributed by atoms with E-state index < -0.39 is 214 Å². The average molecular weight is 1130 g/mol. The second kappa shape index (κ2) is 23.3. The van der Waals surface area contributed by atoms with E-state index in [1.54, 1.807) is 6.92 Å². The van der Waals surface area contributed by atoms with E-state index in [9.17, 15) is 91.6 Å². The van der Waals surface area contributed by atoms with E-state index in [1.165, 1.54) is 0 Å². The van der Waals surface area contributed by atoms with Gasteiger partial charge in [-0.3, -0.25) is 4.79 Å². The minimum Gasteiger partial charge on any atom is -0.432 e. The molecule has 4 saturated carbocycles. The lowest BCUT2D eigenvalue weighted by molar-refractivity contribution is -0.400. The van der Waals surface area contributed by atoms with Crippen molar-refractivity contribution in [3.63, 3.8) is 0 Å². The van der Waals surface area contributed by atoms with E-state index >= 15 is 0 Å². The molecule has 4 aliphatic carbocycles. The summed E-state index contributed by atoms with van der Waals surface area (Å²) in [6, 6.07) is 0. The molecule has 2 bridgehead atoms. The molecule has 9 rings (SSSR count). The van der Waals surface area contributed by atoms with Gasteiger partial charge in [-0.1, -0.05) is 19.9 Å². The maximum Gasteiger partial charge on any atom is 0.314 e. The van der Waals surface area contributed by atoms with Gasteiger partial charge in [0.15, 0.2) is 25.2 Å². The van der Waals surface area contributed by atoms with Gasteiger partial charge in [-0.25, -0.2) is 0 Å². The van der Waals surface area contributed by atoms with E-state index in [0.29, 0.717) is 63.4 Å². The zero-order chi connectivity index (χ0) is 56.7. The lowest BCUT2D eigenvalue weighted by atomic mass is 9.41. The molecule has 0 aromatic carbocycles. The Bertz CT molecular complexity index is 2070. The Morgan fingerprint density at radius 1 is 0.487 bits per heavy atom. The number of esters is 1. The Morgan fingerprint density at radius 3 is 1.41 bits per heavy atom. The second-order valence-corrected chi connectivity index (χ2v) is 23.6. The van der Waals surface area contributed by atoms with Crippen LogP contribution in [0.1, 0.15) is 71.6 Å². The van der Waals surface area contributed by atoms with Gasteiger partial charge in [-0.05, 0) is 86.5 Å². The maximum atomic E-state index is 14.8. The van der Waals surface area contributed by atoms with Gasteiger partial charge in [0.2, 0.25) is 6.29 Å². The van der Waals surface area contributed by atoms with Crippen LogP contribution in [-0.4, -0.2) is 285 Å². The van der Waals surface area contributed by atoms with Gasteiger partial charge in [-0.2, -0.15) is 0 Å². The molecule has 0 radical (unpaired) electrons. The molecular weight excluding hydrogens is 1050 g/mol.